The fourth-order valence-electron chi connectivity index (χ4n) is 1.84. The molecule has 2 rings (SSSR count). The summed E-state index contributed by atoms with van der Waals surface area (Å²) in [6, 6.07) is 3.42. The van der Waals surface area contributed by atoms with Crippen molar-refractivity contribution in [2.45, 2.75) is 23.1 Å². The minimum atomic E-state index is -3.29. The van der Waals surface area contributed by atoms with Crippen LogP contribution >= 0.6 is 28.3 Å². The summed E-state index contributed by atoms with van der Waals surface area (Å²) in [6.45, 7) is 1.52. The van der Waals surface area contributed by atoms with Gasteiger partial charge in [-0.2, -0.15) is 0 Å². The van der Waals surface area contributed by atoms with Gasteiger partial charge >= 0.3 is 0 Å². The second-order valence-corrected chi connectivity index (χ2v) is 6.78. The van der Waals surface area contributed by atoms with E-state index in [0.717, 1.165) is 13.1 Å². The van der Waals surface area contributed by atoms with E-state index in [1.165, 1.54) is 6.20 Å². The Balaban J connectivity index is 0.00000144. The van der Waals surface area contributed by atoms with E-state index in [9.17, 15) is 8.42 Å². The Labute approximate surface area is 116 Å². The molecule has 0 atom stereocenters. The van der Waals surface area contributed by atoms with Gasteiger partial charge in [0.05, 0.1) is 9.72 Å². The zero-order valence-electron chi connectivity index (χ0n) is 9.10. The molecule has 1 N–H and O–H groups in total. The van der Waals surface area contributed by atoms with Crippen LogP contribution in [0.25, 0.3) is 0 Å². The lowest BCUT2D eigenvalue weighted by molar-refractivity contribution is 0.494. The molecule has 4 nitrogen and oxygen atoms in total. The van der Waals surface area contributed by atoms with Gasteiger partial charge in [-0.3, -0.25) is 0 Å². The molecule has 0 saturated carbocycles. The van der Waals surface area contributed by atoms with Gasteiger partial charge in [-0.25, -0.2) is 13.4 Å². The lowest BCUT2D eigenvalue weighted by Gasteiger charge is -2.22. The van der Waals surface area contributed by atoms with Crippen LogP contribution in [0, 0.1) is 0 Å². The molecule has 1 aromatic heterocycles. The molecule has 1 aliphatic heterocycles. The summed E-state index contributed by atoms with van der Waals surface area (Å²) in [5.74, 6) is 0. The van der Waals surface area contributed by atoms with Gasteiger partial charge in [0.2, 0.25) is 0 Å². The van der Waals surface area contributed by atoms with Gasteiger partial charge in [0.1, 0.15) is 0 Å². The van der Waals surface area contributed by atoms with Crippen LogP contribution in [0.4, 0.5) is 0 Å². The first kappa shape index (κ1) is 14.9. The van der Waals surface area contributed by atoms with Crippen molar-refractivity contribution in [2.75, 3.05) is 13.1 Å². The number of aromatic nitrogens is 1. The lowest BCUT2D eigenvalue weighted by atomic mass is 10.2. The Bertz CT molecular complexity index is 475. The molecule has 7 heteroatoms. The van der Waals surface area contributed by atoms with Gasteiger partial charge in [-0.05, 0) is 54.0 Å². The summed E-state index contributed by atoms with van der Waals surface area (Å²) in [6.07, 6.45) is 2.83. The van der Waals surface area contributed by atoms with Crippen LogP contribution in [0.15, 0.2) is 27.8 Å². The Morgan fingerprint density at radius 2 is 2.00 bits per heavy atom. The summed E-state index contributed by atoms with van der Waals surface area (Å²) in [7, 11) is -3.29. The third-order valence-electron chi connectivity index (χ3n) is 2.72. The number of pyridine rings is 1. The monoisotopic (exact) mass is 340 g/mol. The second-order valence-electron chi connectivity index (χ2n) is 3.78. The molecule has 2 heterocycles. The van der Waals surface area contributed by atoms with Crippen molar-refractivity contribution in [1.82, 2.24) is 10.3 Å². The summed E-state index contributed by atoms with van der Waals surface area (Å²) >= 11 is 3.24. The van der Waals surface area contributed by atoms with E-state index >= 15 is 0 Å². The van der Waals surface area contributed by atoms with Gasteiger partial charge < -0.3 is 5.32 Å². The lowest BCUT2D eigenvalue weighted by Crippen LogP contribution is -2.36. The highest BCUT2D eigenvalue weighted by Gasteiger charge is 2.31. The van der Waals surface area contributed by atoms with Gasteiger partial charge in [-0.1, -0.05) is 0 Å². The minimum Gasteiger partial charge on any atom is -0.317 e. The van der Waals surface area contributed by atoms with Crippen LogP contribution in [0.1, 0.15) is 12.8 Å². The molecule has 0 amide bonds. The normalized spacial score (nSPS) is 17.5. The fourth-order valence-corrected chi connectivity index (χ4v) is 4.50. The van der Waals surface area contributed by atoms with Crippen LogP contribution in [-0.4, -0.2) is 31.7 Å². The Morgan fingerprint density at radius 1 is 1.35 bits per heavy atom. The topological polar surface area (TPSA) is 59.1 Å². The molecule has 17 heavy (non-hydrogen) atoms. The highest BCUT2D eigenvalue weighted by molar-refractivity contribution is 9.10. The number of nitrogens with zero attached hydrogens (tertiary/aromatic N) is 1. The van der Waals surface area contributed by atoms with Crippen LogP contribution in [0.5, 0.6) is 0 Å². The van der Waals surface area contributed by atoms with Gasteiger partial charge in [0, 0.05) is 6.20 Å². The van der Waals surface area contributed by atoms with E-state index in [0.29, 0.717) is 17.3 Å². The zero-order valence-corrected chi connectivity index (χ0v) is 12.3. The number of piperidine rings is 1. The van der Waals surface area contributed by atoms with Crippen LogP contribution in [0.3, 0.4) is 0 Å². The molecule has 0 radical (unpaired) electrons. The van der Waals surface area contributed by atoms with E-state index in [1.807, 2.05) is 0 Å². The van der Waals surface area contributed by atoms with Crippen molar-refractivity contribution in [1.29, 1.82) is 0 Å². The van der Waals surface area contributed by atoms with E-state index in [-0.39, 0.29) is 22.7 Å². The predicted molar refractivity (Wildman–Crippen MR) is 72.3 cm³/mol. The largest absolute Gasteiger partial charge is 0.317 e. The standard InChI is InChI=1S/C10H13BrN2O2S.ClH/c11-9-2-1-5-13-10(9)16(14,15)8-3-6-12-7-4-8;/h1-2,5,8,12H,3-4,6-7H2;1H. The number of sulfone groups is 1. The molecule has 1 aliphatic rings. The number of hydrogen-bond acceptors (Lipinski definition) is 4. The summed E-state index contributed by atoms with van der Waals surface area (Å²) < 4.78 is 25.1. The molecule has 0 aromatic carbocycles. The van der Waals surface area contributed by atoms with Gasteiger partial charge in [0.15, 0.2) is 14.9 Å². The highest BCUT2D eigenvalue weighted by Crippen LogP contribution is 2.26. The van der Waals surface area contributed by atoms with E-state index in [4.69, 9.17) is 0 Å². The molecule has 0 bridgehead atoms. The SMILES string of the molecule is Cl.O=S(=O)(c1ncccc1Br)C1CCNCC1. The maximum atomic E-state index is 12.3. The van der Waals surface area contributed by atoms with E-state index in [1.54, 1.807) is 12.1 Å². The average Bonchev–Trinajstić information content (AvgIpc) is 2.30. The number of halogens is 2. The molecule has 0 aliphatic carbocycles. The number of rotatable bonds is 2. The van der Waals surface area contributed by atoms with Gasteiger partial charge in [-0.15, -0.1) is 12.4 Å². The second kappa shape index (κ2) is 6.13. The molecular formula is C10H14BrClN2O2S. The smallest absolute Gasteiger partial charge is 0.199 e. The Morgan fingerprint density at radius 3 is 2.59 bits per heavy atom. The Kier molecular flexibility index (Phi) is 5.37. The summed E-state index contributed by atoms with van der Waals surface area (Å²) in [4.78, 5) is 3.97. The van der Waals surface area contributed by atoms with Crippen LogP contribution in [-0.2, 0) is 9.84 Å². The first-order valence-electron chi connectivity index (χ1n) is 5.17. The predicted octanol–water partition coefficient (Wildman–Crippen LogP) is 1.79. The highest BCUT2D eigenvalue weighted by atomic mass is 79.9. The minimum absolute atomic E-state index is 0. The van der Waals surface area contributed by atoms with Crippen LogP contribution in [0.2, 0.25) is 0 Å². The third-order valence-corrected chi connectivity index (χ3v) is 5.83. The first-order valence-corrected chi connectivity index (χ1v) is 7.51. The third kappa shape index (κ3) is 3.19. The van der Waals surface area contributed by atoms with Crippen molar-refractivity contribution in [3.05, 3.63) is 22.8 Å². The molecule has 96 valence electrons. The molecule has 0 spiro atoms. The van der Waals surface area contributed by atoms with Crippen molar-refractivity contribution < 1.29 is 8.42 Å². The summed E-state index contributed by atoms with van der Waals surface area (Å²) in [5.41, 5.74) is 0. The van der Waals surface area contributed by atoms with Crippen molar-refractivity contribution in [3.63, 3.8) is 0 Å². The molecular weight excluding hydrogens is 328 g/mol. The quantitative estimate of drug-likeness (QED) is 0.891. The first-order chi connectivity index (χ1) is 7.62. The van der Waals surface area contributed by atoms with Crippen molar-refractivity contribution in [2.24, 2.45) is 0 Å². The van der Waals surface area contributed by atoms with Crippen molar-refractivity contribution >= 4 is 38.2 Å². The molecule has 1 fully saturated rings. The Hall–Kier alpha value is -0.170. The molecule has 1 aromatic rings. The number of nitrogens with one attached hydrogen (secondary N) is 1. The summed E-state index contributed by atoms with van der Waals surface area (Å²) in [5, 5.41) is 3.02. The van der Waals surface area contributed by atoms with E-state index < -0.39 is 9.84 Å². The average molecular weight is 342 g/mol. The zero-order chi connectivity index (χ0) is 11.6. The van der Waals surface area contributed by atoms with Crippen LogP contribution < -0.4 is 5.32 Å². The number of hydrogen-bond donors (Lipinski definition) is 1. The van der Waals surface area contributed by atoms with E-state index in [2.05, 4.69) is 26.2 Å². The fraction of sp³-hybridized carbons (Fsp3) is 0.500. The maximum Gasteiger partial charge on any atom is 0.199 e. The molecule has 1 saturated heterocycles. The van der Waals surface area contributed by atoms with Gasteiger partial charge in [0.25, 0.3) is 0 Å². The molecule has 0 unspecified atom stereocenters. The van der Waals surface area contributed by atoms with Crippen molar-refractivity contribution in [3.8, 4) is 0 Å². The maximum absolute atomic E-state index is 12.3.